The number of pyridine rings is 1. The van der Waals surface area contributed by atoms with E-state index in [2.05, 4.69) is 27.5 Å². The third-order valence-electron chi connectivity index (χ3n) is 6.71. The van der Waals surface area contributed by atoms with Gasteiger partial charge in [0.1, 0.15) is 11.3 Å². The van der Waals surface area contributed by atoms with Crippen LogP contribution in [0.5, 0.6) is 0 Å². The van der Waals surface area contributed by atoms with Crippen LogP contribution in [-0.2, 0) is 16.0 Å². The number of aryl methyl sites for hydroxylation is 1. The second kappa shape index (κ2) is 12.8. The van der Waals surface area contributed by atoms with E-state index < -0.39 is 0 Å². The second-order valence-electron chi connectivity index (χ2n) is 9.80. The first kappa shape index (κ1) is 28.3. The van der Waals surface area contributed by atoms with Crippen LogP contribution >= 0.6 is 0 Å². The first-order valence-electron chi connectivity index (χ1n) is 13.5. The average Bonchev–Trinajstić information content (AvgIpc) is 3.31. The molecule has 1 aliphatic rings. The Morgan fingerprint density at radius 1 is 1.19 bits per heavy atom. The number of imidazole rings is 1. The minimum absolute atomic E-state index is 0. The zero-order valence-corrected chi connectivity index (χ0v) is 22.9. The fourth-order valence-electron chi connectivity index (χ4n) is 5.02. The minimum Gasteiger partial charge on any atom is -0.354 e. The normalized spacial score (nSPS) is 17.3. The Kier molecular flexibility index (Phi) is 9.78. The molecule has 0 saturated heterocycles. The molecule has 1 fully saturated rings. The van der Waals surface area contributed by atoms with Crippen molar-refractivity contribution < 1.29 is 16.8 Å². The summed E-state index contributed by atoms with van der Waals surface area (Å²) in [6.07, 6.45) is 8.33. The van der Waals surface area contributed by atoms with Crippen LogP contribution in [0, 0.1) is 11.7 Å². The smallest absolute Gasteiger partial charge is 0.228 e. The Bertz CT molecular complexity index is 1250. The van der Waals surface area contributed by atoms with Crippen LogP contribution in [0.2, 0.25) is 0 Å². The van der Waals surface area contributed by atoms with Crippen molar-refractivity contribution in [3.63, 3.8) is 0 Å². The molecule has 2 heterocycles. The van der Waals surface area contributed by atoms with Gasteiger partial charge in [0.05, 0.1) is 11.8 Å². The molecule has 3 aromatic rings. The molecule has 37 heavy (non-hydrogen) atoms. The Labute approximate surface area is 222 Å². The molecule has 2 amide bonds. The van der Waals surface area contributed by atoms with Gasteiger partial charge in [-0.3, -0.25) is 9.59 Å². The second-order valence-corrected chi connectivity index (χ2v) is 9.80. The molecular formula is C29H44FN5O2. The van der Waals surface area contributed by atoms with Crippen LogP contribution in [0.3, 0.4) is 0 Å². The molecule has 0 radical (unpaired) electrons. The minimum atomic E-state index is -0.368. The number of rotatable bonds is 7. The van der Waals surface area contributed by atoms with E-state index in [9.17, 15) is 9.59 Å². The highest BCUT2D eigenvalue weighted by Gasteiger charge is 2.28. The number of carbonyl (C=O) groups is 2. The van der Waals surface area contributed by atoms with Gasteiger partial charge in [-0.25, -0.2) is 14.4 Å². The number of amides is 2. The molecule has 204 valence electrons. The topological polar surface area (TPSA) is 88.9 Å². The molecule has 7 nitrogen and oxygen atoms in total. The summed E-state index contributed by atoms with van der Waals surface area (Å²) in [5.74, 6) is -0.272. The fourth-order valence-corrected chi connectivity index (χ4v) is 5.02. The number of hydrogen-bond acceptors (Lipinski definition) is 4. The lowest BCUT2D eigenvalue weighted by Crippen LogP contribution is -2.40. The molecule has 8 heteroatoms. The quantitative estimate of drug-likeness (QED) is 0.359. The van der Waals surface area contributed by atoms with E-state index in [4.69, 9.17) is 0 Å². The zero-order valence-electron chi connectivity index (χ0n) is 22.9. The Morgan fingerprint density at radius 3 is 2.62 bits per heavy atom. The summed E-state index contributed by atoms with van der Waals surface area (Å²) < 4.78 is 17.0. The predicted octanol–water partition coefficient (Wildman–Crippen LogP) is 6.92. The summed E-state index contributed by atoms with van der Waals surface area (Å²) in [5, 5.41) is 5.90. The number of nitrogens with zero attached hydrogens (tertiary/aromatic N) is 3. The molecule has 0 spiro atoms. The van der Waals surface area contributed by atoms with Gasteiger partial charge >= 0.3 is 0 Å². The summed E-state index contributed by atoms with van der Waals surface area (Å²) in [6, 6.07) is 5.49. The highest BCUT2D eigenvalue weighted by Crippen LogP contribution is 2.32. The molecule has 0 bridgehead atoms. The van der Waals surface area contributed by atoms with Crippen molar-refractivity contribution in [2.75, 3.05) is 5.32 Å². The molecule has 4 rings (SSSR count). The van der Waals surface area contributed by atoms with Gasteiger partial charge in [-0.1, -0.05) is 33.6 Å². The number of aromatic nitrogens is 3. The van der Waals surface area contributed by atoms with E-state index in [0.717, 1.165) is 54.3 Å². The SMILES string of the molecule is CC.CCCc1cnc(NC(=O)C2CCC[C@@H](NC(C)=O)C2)cc1-c1cc(F)c2ncn(C(C)C)c2c1.[HH].[HH]. The number of anilines is 1. The average molecular weight is 514 g/mol. The van der Waals surface area contributed by atoms with Gasteiger partial charge in [-0.2, -0.15) is 0 Å². The molecule has 1 unspecified atom stereocenters. The summed E-state index contributed by atoms with van der Waals surface area (Å²) in [4.78, 5) is 33.2. The fraction of sp³-hybridized carbons (Fsp3) is 0.517. The van der Waals surface area contributed by atoms with Crippen LogP contribution in [-0.4, -0.2) is 32.4 Å². The number of nitrogens with one attached hydrogen (secondary N) is 2. The molecule has 2 atom stereocenters. The van der Waals surface area contributed by atoms with E-state index in [1.165, 1.54) is 13.0 Å². The maximum Gasteiger partial charge on any atom is 0.228 e. The van der Waals surface area contributed by atoms with Crippen molar-refractivity contribution in [1.29, 1.82) is 0 Å². The van der Waals surface area contributed by atoms with Crippen molar-refractivity contribution in [3.05, 3.63) is 42.1 Å². The van der Waals surface area contributed by atoms with Crippen molar-refractivity contribution in [3.8, 4) is 11.1 Å². The summed E-state index contributed by atoms with van der Waals surface area (Å²) in [7, 11) is 0. The van der Waals surface area contributed by atoms with Gasteiger partial charge in [0.25, 0.3) is 0 Å². The maximum absolute atomic E-state index is 15.0. The molecule has 1 aromatic carbocycles. The summed E-state index contributed by atoms with van der Waals surface area (Å²) >= 11 is 0. The van der Waals surface area contributed by atoms with Gasteiger partial charge in [-0.15, -0.1) is 0 Å². The Hall–Kier alpha value is -3.29. The van der Waals surface area contributed by atoms with Crippen LogP contribution in [0.4, 0.5) is 10.2 Å². The van der Waals surface area contributed by atoms with Gasteiger partial charge in [0.2, 0.25) is 11.8 Å². The lowest BCUT2D eigenvalue weighted by atomic mass is 9.85. The third kappa shape index (κ3) is 6.73. The lowest BCUT2D eigenvalue weighted by Gasteiger charge is -2.28. The van der Waals surface area contributed by atoms with E-state index in [1.54, 1.807) is 12.5 Å². The van der Waals surface area contributed by atoms with Crippen molar-refractivity contribution in [1.82, 2.24) is 19.9 Å². The van der Waals surface area contributed by atoms with Crippen molar-refractivity contribution in [2.45, 2.75) is 92.2 Å². The molecule has 1 aliphatic carbocycles. The van der Waals surface area contributed by atoms with Crippen LogP contribution in [0.15, 0.2) is 30.7 Å². The summed E-state index contributed by atoms with van der Waals surface area (Å²) in [5.41, 5.74) is 3.69. The first-order chi connectivity index (χ1) is 17.8. The largest absolute Gasteiger partial charge is 0.354 e. The highest BCUT2D eigenvalue weighted by molar-refractivity contribution is 5.93. The number of benzene rings is 1. The predicted molar refractivity (Wildman–Crippen MR) is 151 cm³/mol. The van der Waals surface area contributed by atoms with E-state index in [0.29, 0.717) is 17.8 Å². The van der Waals surface area contributed by atoms with E-state index in [-0.39, 0.29) is 38.5 Å². The van der Waals surface area contributed by atoms with Crippen LogP contribution in [0.25, 0.3) is 22.2 Å². The van der Waals surface area contributed by atoms with Gasteiger partial charge < -0.3 is 15.2 Å². The Balaban J connectivity index is 0.00000186. The lowest BCUT2D eigenvalue weighted by molar-refractivity contribution is -0.123. The number of fused-ring (bicyclic) bond motifs is 1. The van der Waals surface area contributed by atoms with Gasteiger partial charge in [0, 0.05) is 34.0 Å². The highest BCUT2D eigenvalue weighted by atomic mass is 19.1. The van der Waals surface area contributed by atoms with Crippen molar-refractivity contribution >= 4 is 28.7 Å². The van der Waals surface area contributed by atoms with E-state index in [1.807, 2.05) is 44.4 Å². The maximum atomic E-state index is 15.0. The molecule has 2 N–H and O–H groups in total. The molecular weight excluding hydrogens is 469 g/mol. The third-order valence-corrected chi connectivity index (χ3v) is 6.71. The monoisotopic (exact) mass is 513 g/mol. The van der Waals surface area contributed by atoms with Crippen LogP contribution in [0.1, 0.15) is 88.1 Å². The number of halogens is 1. The molecule has 1 saturated carbocycles. The molecule has 0 aliphatic heterocycles. The number of carbonyl (C=O) groups excluding carboxylic acids is 2. The Morgan fingerprint density at radius 2 is 1.95 bits per heavy atom. The standard InChI is InChI=1S/C27H34FN5O2.C2H6.2H2/c1-5-7-19-14-29-25(32-27(35)18-8-6-9-21(10-18)31-17(4)34)13-22(19)20-11-23(28)26-24(12-20)33(15-30-26)16(2)3;1-2;;/h11-16,18,21H,5-10H2,1-4H3,(H,31,34)(H,29,32,35);1-2H3;2*1H/t18?,21-;;;/m1.../s1. The molecule has 2 aromatic heterocycles. The summed E-state index contributed by atoms with van der Waals surface area (Å²) in [6.45, 7) is 11.7. The van der Waals surface area contributed by atoms with E-state index >= 15 is 4.39 Å². The van der Waals surface area contributed by atoms with Crippen molar-refractivity contribution in [2.24, 2.45) is 5.92 Å². The van der Waals surface area contributed by atoms with Gasteiger partial charge in [-0.05, 0) is 74.4 Å². The van der Waals surface area contributed by atoms with Gasteiger partial charge in [0.15, 0.2) is 5.82 Å². The number of hydrogen-bond donors (Lipinski definition) is 2. The first-order valence-corrected chi connectivity index (χ1v) is 13.5. The van der Waals surface area contributed by atoms with Crippen LogP contribution < -0.4 is 10.6 Å². The zero-order chi connectivity index (χ0) is 27.1.